The molecule has 112 valence electrons. The largest absolute Gasteiger partial charge is 0.478 e. The van der Waals surface area contributed by atoms with Gasteiger partial charge < -0.3 is 9.52 Å². The van der Waals surface area contributed by atoms with Gasteiger partial charge in [-0.3, -0.25) is 0 Å². The van der Waals surface area contributed by atoms with E-state index in [-0.39, 0.29) is 32.0 Å². The van der Waals surface area contributed by atoms with Crippen molar-refractivity contribution < 1.29 is 22.7 Å². The second kappa shape index (κ2) is 5.71. The van der Waals surface area contributed by atoms with E-state index in [2.05, 4.69) is 0 Å². The van der Waals surface area contributed by atoms with Crippen molar-refractivity contribution in [1.29, 1.82) is 0 Å². The number of halogens is 2. The molecule has 0 saturated heterocycles. The number of aryl methyl sites for hydroxylation is 1. The lowest BCUT2D eigenvalue weighted by Crippen LogP contribution is -2.06. The van der Waals surface area contributed by atoms with Crippen LogP contribution in [0.15, 0.2) is 33.6 Å². The zero-order chi connectivity index (χ0) is 15.8. The SMILES string of the molecule is Cc1oc(CS(=O)(=O)c2c(Cl)cccc2Cl)cc1C(=O)O. The van der Waals surface area contributed by atoms with E-state index < -0.39 is 21.6 Å². The molecule has 1 aromatic heterocycles. The Hall–Kier alpha value is -1.50. The van der Waals surface area contributed by atoms with Crippen LogP contribution in [0.4, 0.5) is 0 Å². The number of carbonyl (C=O) groups is 1. The van der Waals surface area contributed by atoms with Crippen molar-refractivity contribution in [2.45, 2.75) is 17.6 Å². The first kappa shape index (κ1) is 15.9. The van der Waals surface area contributed by atoms with Crippen LogP contribution in [0, 0.1) is 6.92 Å². The molecular formula is C13H10Cl2O5S. The van der Waals surface area contributed by atoms with Gasteiger partial charge in [0.2, 0.25) is 0 Å². The van der Waals surface area contributed by atoms with Gasteiger partial charge >= 0.3 is 5.97 Å². The fourth-order valence-corrected chi connectivity index (χ4v) is 4.36. The molecule has 0 unspecified atom stereocenters. The van der Waals surface area contributed by atoms with E-state index >= 15 is 0 Å². The molecule has 0 aliphatic heterocycles. The fraction of sp³-hybridized carbons (Fsp3) is 0.154. The summed E-state index contributed by atoms with van der Waals surface area (Å²) in [4.78, 5) is 10.7. The number of benzene rings is 1. The van der Waals surface area contributed by atoms with Gasteiger partial charge in [-0.2, -0.15) is 0 Å². The van der Waals surface area contributed by atoms with Gasteiger partial charge in [-0.05, 0) is 25.1 Å². The average Bonchev–Trinajstić information content (AvgIpc) is 2.68. The van der Waals surface area contributed by atoms with Gasteiger partial charge in [-0.1, -0.05) is 29.3 Å². The van der Waals surface area contributed by atoms with Gasteiger partial charge in [0, 0.05) is 0 Å². The van der Waals surface area contributed by atoms with E-state index in [0.29, 0.717) is 0 Å². The van der Waals surface area contributed by atoms with Crippen LogP contribution in [0.3, 0.4) is 0 Å². The summed E-state index contributed by atoms with van der Waals surface area (Å²) in [5, 5.41) is 8.94. The summed E-state index contributed by atoms with van der Waals surface area (Å²) in [6, 6.07) is 5.54. The zero-order valence-corrected chi connectivity index (χ0v) is 13.1. The van der Waals surface area contributed by atoms with E-state index in [9.17, 15) is 13.2 Å². The number of furan rings is 1. The van der Waals surface area contributed by atoms with Crippen molar-refractivity contribution in [1.82, 2.24) is 0 Å². The van der Waals surface area contributed by atoms with E-state index in [1.807, 2.05) is 0 Å². The molecule has 0 saturated carbocycles. The van der Waals surface area contributed by atoms with Crippen LogP contribution in [0.5, 0.6) is 0 Å². The molecule has 1 aromatic carbocycles. The lowest BCUT2D eigenvalue weighted by molar-refractivity contribution is 0.0695. The summed E-state index contributed by atoms with van der Waals surface area (Å²) in [5.41, 5.74) is -0.0783. The molecule has 1 heterocycles. The lowest BCUT2D eigenvalue weighted by Gasteiger charge is -2.06. The molecule has 0 aliphatic carbocycles. The predicted octanol–water partition coefficient (Wildman–Crippen LogP) is 3.57. The number of rotatable bonds is 4. The zero-order valence-electron chi connectivity index (χ0n) is 10.8. The van der Waals surface area contributed by atoms with Gasteiger partial charge in [0.1, 0.15) is 27.7 Å². The summed E-state index contributed by atoms with van der Waals surface area (Å²) in [7, 11) is -3.85. The van der Waals surface area contributed by atoms with Gasteiger partial charge in [-0.25, -0.2) is 13.2 Å². The van der Waals surface area contributed by atoms with Crippen molar-refractivity contribution in [3.8, 4) is 0 Å². The van der Waals surface area contributed by atoms with Crippen LogP contribution in [0.1, 0.15) is 21.9 Å². The molecule has 0 aliphatic rings. The summed E-state index contributed by atoms with van der Waals surface area (Å²) in [5.74, 6) is -1.56. The Bertz CT molecular complexity index is 788. The molecule has 0 fully saturated rings. The number of hydrogen-bond acceptors (Lipinski definition) is 4. The Labute approximate surface area is 131 Å². The second-order valence-electron chi connectivity index (χ2n) is 4.30. The minimum absolute atomic E-state index is 0.00392. The molecule has 0 spiro atoms. The monoisotopic (exact) mass is 348 g/mol. The highest BCUT2D eigenvalue weighted by atomic mass is 35.5. The summed E-state index contributed by atoms with van der Waals surface area (Å²) in [6.07, 6.45) is 0. The van der Waals surface area contributed by atoms with Crippen LogP contribution in [0.25, 0.3) is 0 Å². The van der Waals surface area contributed by atoms with E-state index in [4.69, 9.17) is 32.7 Å². The van der Waals surface area contributed by atoms with Crippen LogP contribution >= 0.6 is 23.2 Å². The van der Waals surface area contributed by atoms with E-state index in [0.717, 1.165) is 0 Å². The first-order valence-corrected chi connectivity index (χ1v) is 8.12. The molecular weight excluding hydrogens is 339 g/mol. The van der Waals surface area contributed by atoms with Crippen molar-refractivity contribution >= 4 is 39.0 Å². The van der Waals surface area contributed by atoms with E-state index in [1.54, 1.807) is 0 Å². The van der Waals surface area contributed by atoms with Crippen LogP contribution < -0.4 is 0 Å². The topological polar surface area (TPSA) is 84.6 Å². The van der Waals surface area contributed by atoms with Gasteiger partial charge in [0.05, 0.1) is 10.0 Å². The Morgan fingerprint density at radius 1 is 1.29 bits per heavy atom. The molecule has 0 atom stereocenters. The lowest BCUT2D eigenvalue weighted by atomic mass is 10.2. The molecule has 2 aromatic rings. The summed E-state index contributed by atoms with van der Waals surface area (Å²) in [6.45, 7) is 1.45. The number of hydrogen-bond donors (Lipinski definition) is 1. The standard InChI is InChI=1S/C13H10Cl2O5S/c1-7-9(13(16)17)5-8(20-7)6-21(18,19)12-10(14)3-2-4-11(12)15/h2-5H,6H2,1H3,(H,16,17). The molecule has 5 nitrogen and oxygen atoms in total. The maximum atomic E-state index is 12.4. The van der Waals surface area contributed by atoms with Crippen molar-refractivity contribution in [3.63, 3.8) is 0 Å². The summed E-state index contributed by atoms with van der Waals surface area (Å²) >= 11 is 11.8. The fourth-order valence-electron chi connectivity index (χ4n) is 1.87. The van der Waals surface area contributed by atoms with Crippen molar-refractivity contribution in [2.24, 2.45) is 0 Å². The number of carboxylic acids is 1. The predicted molar refractivity (Wildman–Crippen MR) is 77.8 cm³/mol. The molecule has 2 rings (SSSR count). The normalized spacial score (nSPS) is 11.6. The molecule has 1 N–H and O–H groups in total. The third kappa shape index (κ3) is 3.23. The van der Waals surface area contributed by atoms with Crippen LogP contribution in [0.2, 0.25) is 10.0 Å². The molecule has 0 bridgehead atoms. The highest BCUT2D eigenvalue weighted by Crippen LogP contribution is 2.32. The van der Waals surface area contributed by atoms with Crippen molar-refractivity contribution in [3.05, 3.63) is 51.4 Å². The molecule has 0 amide bonds. The molecule has 8 heteroatoms. The highest BCUT2D eigenvalue weighted by Gasteiger charge is 2.25. The first-order chi connectivity index (χ1) is 9.72. The number of aromatic carboxylic acids is 1. The smallest absolute Gasteiger partial charge is 0.339 e. The third-order valence-electron chi connectivity index (χ3n) is 2.76. The van der Waals surface area contributed by atoms with Gasteiger partial charge in [0.25, 0.3) is 0 Å². The quantitative estimate of drug-likeness (QED) is 0.912. The minimum atomic E-state index is -3.85. The Balaban J connectivity index is 2.43. The first-order valence-electron chi connectivity index (χ1n) is 5.71. The maximum absolute atomic E-state index is 12.4. The number of sulfone groups is 1. The third-order valence-corrected chi connectivity index (χ3v) is 5.34. The Morgan fingerprint density at radius 2 is 1.86 bits per heavy atom. The van der Waals surface area contributed by atoms with Crippen LogP contribution in [-0.2, 0) is 15.6 Å². The summed E-state index contributed by atoms with van der Waals surface area (Å²) < 4.78 is 29.9. The Morgan fingerprint density at radius 3 is 2.33 bits per heavy atom. The minimum Gasteiger partial charge on any atom is -0.478 e. The Kier molecular flexibility index (Phi) is 4.32. The van der Waals surface area contributed by atoms with Gasteiger partial charge in [-0.15, -0.1) is 0 Å². The molecule has 0 radical (unpaired) electrons. The molecule has 21 heavy (non-hydrogen) atoms. The maximum Gasteiger partial charge on any atom is 0.339 e. The van der Waals surface area contributed by atoms with E-state index in [1.165, 1.54) is 31.2 Å². The number of carboxylic acid groups (broad SMARTS) is 1. The average molecular weight is 349 g/mol. The van der Waals surface area contributed by atoms with Crippen LogP contribution in [-0.4, -0.2) is 19.5 Å². The van der Waals surface area contributed by atoms with Gasteiger partial charge in [0.15, 0.2) is 9.84 Å². The van der Waals surface area contributed by atoms with Crippen molar-refractivity contribution in [2.75, 3.05) is 0 Å². The second-order valence-corrected chi connectivity index (χ2v) is 7.04. The highest BCUT2D eigenvalue weighted by molar-refractivity contribution is 7.90.